The Morgan fingerprint density at radius 2 is 2.20 bits per heavy atom. The summed E-state index contributed by atoms with van der Waals surface area (Å²) in [5, 5.41) is 0. The summed E-state index contributed by atoms with van der Waals surface area (Å²) in [4.78, 5) is 0. The van der Waals surface area contributed by atoms with Crippen LogP contribution in [0.2, 0.25) is 0 Å². The van der Waals surface area contributed by atoms with Crippen LogP contribution in [0.25, 0.3) is 0 Å². The standard InChI is InChI=1S/C12H13NO2/c1-9-5-10(13)7-12(6-9)15-8-11-3-2-4-14-11/h2-7H,8,13H2,1H3. The molecule has 0 aliphatic carbocycles. The zero-order chi connectivity index (χ0) is 10.7. The summed E-state index contributed by atoms with van der Waals surface area (Å²) in [7, 11) is 0. The van der Waals surface area contributed by atoms with Gasteiger partial charge in [-0.2, -0.15) is 0 Å². The van der Waals surface area contributed by atoms with Gasteiger partial charge in [0.15, 0.2) is 0 Å². The van der Waals surface area contributed by atoms with E-state index in [4.69, 9.17) is 14.9 Å². The molecule has 3 heteroatoms. The Labute approximate surface area is 88.5 Å². The van der Waals surface area contributed by atoms with Crippen LogP contribution in [0.4, 0.5) is 5.69 Å². The van der Waals surface area contributed by atoms with Crippen molar-refractivity contribution >= 4 is 5.69 Å². The maximum absolute atomic E-state index is 5.70. The van der Waals surface area contributed by atoms with Crippen molar-refractivity contribution in [3.8, 4) is 5.75 Å². The lowest BCUT2D eigenvalue weighted by molar-refractivity contribution is 0.270. The molecule has 0 aliphatic heterocycles. The van der Waals surface area contributed by atoms with Gasteiger partial charge in [0.05, 0.1) is 6.26 Å². The Morgan fingerprint density at radius 3 is 2.87 bits per heavy atom. The molecule has 1 aromatic heterocycles. The second-order valence-corrected chi connectivity index (χ2v) is 3.45. The highest BCUT2D eigenvalue weighted by molar-refractivity contribution is 5.47. The molecule has 0 atom stereocenters. The number of nitrogen functional groups attached to an aromatic ring is 1. The molecule has 15 heavy (non-hydrogen) atoms. The van der Waals surface area contributed by atoms with Crippen molar-refractivity contribution in [2.45, 2.75) is 13.5 Å². The van der Waals surface area contributed by atoms with Crippen molar-refractivity contribution in [3.63, 3.8) is 0 Å². The Hall–Kier alpha value is -1.90. The third-order valence-electron chi connectivity index (χ3n) is 2.03. The number of hydrogen-bond acceptors (Lipinski definition) is 3. The second kappa shape index (κ2) is 4.09. The van der Waals surface area contributed by atoms with Gasteiger partial charge in [-0.25, -0.2) is 0 Å². The highest BCUT2D eigenvalue weighted by atomic mass is 16.5. The molecule has 0 fully saturated rings. The minimum Gasteiger partial charge on any atom is -0.486 e. The number of rotatable bonds is 3. The summed E-state index contributed by atoms with van der Waals surface area (Å²) in [6, 6.07) is 9.36. The van der Waals surface area contributed by atoms with Gasteiger partial charge in [0.2, 0.25) is 0 Å². The van der Waals surface area contributed by atoms with E-state index in [1.807, 2.05) is 31.2 Å². The molecule has 78 valence electrons. The summed E-state index contributed by atoms with van der Waals surface area (Å²) < 4.78 is 10.7. The van der Waals surface area contributed by atoms with E-state index in [1.54, 1.807) is 12.3 Å². The third kappa shape index (κ3) is 2.53. The minimum atomic E-state index is 0.426. The van der Waals surface area contributed by atoms with Gasteiger partial charge >= 0.3 is 0 Å². The van der Waals surface area contributed by atoms with Crippen LogP contribution in [-0.4, -0.2) is 0 Å². The van der Waals surface area contributed by atoms with Crippen molar-refractivity contribution in [2.24, 2.45) is 0 Å². The summed E-state index contributed by atoms with van der Waals surface area (Å²) in [5.41, 5.74) is 7.50. The molecule has 0 saturated carbocycles. The highest BCUT2D eigenvalue weighted by Crippen LogP contribution is 2.19. The van der Waals surface area contributed by atoms with E-state index in [9.17, 15) is 0 Å². The normalized spacial score (nSPS) is 10.2. The first-order valence-electron chi connectivity index (χ1n) is 4.76. The van der Waals surface area contributed by atoms with Gasteiger partial charge in [0.25, 0.3) is 0 Å². The van der Waals surface area contributed by atoms with Crippen LogP contribution in [0.5, 0.6) is 5.75 Å². The van der Waals surface area contributed by atoms with E-state index in [0.717, 1.165) is 17.1 Å². The predicted octanol–water partition coefficient (Wildman–Crippen LogP) is 2.75. The molecule has 0 spiro atoms. The van der Waals surface area contributed by atoms with E-state index in [1.165, 1.54) is 0 Å². The van der Waals surface area contributed by atoms with Crippen LogP contribution in [0.3, 0.4) is 0 Å². The molecule has 0 aliphatic rings. The smallest absolute Gasteiger partial charge is 0.146 e. The Bertz CT molecular complexity index is 415. The van der Waals surface area contributed by atoms with E-state index in [-0.39, 0.29) is 0 Å². The summed E-state index contributed by atoms with van der Waals surface area (Å²) in [5.74, 6) is 1.57. The first-order valence-corrected chi connectivity index (χ1v) is 4.76. The van der Waals surface area contributed by atoms with Crippen molar-refractivity contribution in [1.29, 1.82) is 0 Å². The summed E-state index contributed by atoms with van der Waals surface area (Å²) in [6.45, 7) is 2.41. The van der Waals surface area contributed by atoms with Crippen molar-refractivity contribution < 1.29 is 9.15 Å². The van der Waals surface area contributed by atoms with Crippen LogP contribution in [0.1, 0.15) is 11.3 Å². The van der Waals surface area contributed by atoms with Gasteiger partial charge in [-0.05, 0) is 36.8 Å². The Kier molecular flexibility index (Phi) is 2.63. The van der Waals surface area contributed by atoms with Crippen LogP contribution >= 0.6 is 0 Å². The van der Waals surface area contributed by atoms with Crippen molar-refractivity contribution in [1.82, 2.24) is 0 Å². The maximum atomic E-state index is 5.70. The number of anilines is 1. The van der Waals surface area contributed by atoms with Gasteiger partial charge in [0.1, 0.15) is 18.1 Å². The summed E-state index contributed by atoms with van der Waals surface area (Å²) >= 11 is 0. The van der Waals surface area contributed by atoms with E-state index in [2.05, 4.69) is 0 Å². The van der Waals surface area contributed by atoms with E-state index >= 15 is 0 Å². The number of aryl methyl sites for hydroxylation is 1. The number of furan rings is 1. The molecule has 3 nitrogen and oxygen atoms in total. The van der Waals surface area contributed by atoms with Crippen molar-refractivity contribution in [2.75, 3.05) is 5.73 Å². The lowest BCUT2D eigenvalue weighted by atomic mass is 10.2. The zero-order valence-corrected chi connectivity index (χ0v) is 8.57. The van der Waals surface area contributed by atoms with Crippen LogP contribution in [0, 0.1) is 6.92 Å². The molecular formula is C12H13NO2. The fourth-order valence-electron chi connectivity index (χ4n) is 1.41. The molecule has 0 amide bonds. The van der Waals surface area contributed by atoms with Gasteiger partial charge in [0, 0.05) is 11.8 Å². The van der Waals surface area contributed by atoms with Crippen molar-refractivity contribution in [3.05, 3.63) is 47.9 Å². The molecule has 0 bridgehead atoms. The molecule has 2 rings (SSSR count). The van der Waals surface area contributed by atoms with Gasteiger partial charge < -0.3 is 14.9 Å². The molecule has 0 saturated heterocycles. The number of nitrogens with two attached hydrogens (primary N) is 1. The topological polar surface area (TPSA) is 48.4 Å². The third-order valence-corrected chi connectivity index (χ3v) is 2.03. The average Bonchev–Trinajstić information content (AvgIpc) is 2.65. The monoisotopic (exact) mass is 203 g/mol. The van der Waals surface area contributed by atoms with Gasteiger partial charge in [-0.1, -0.05) is 0 Å². The maximum Gasteiger partial charge on any atom is 0.146 e. The number of ether oxygens (including phenoxy) is 1. The quantitative estimate of drug-likeness (QED) is 0.780. The molecular weight excluding hydrogens is 190 g/mol. The van der Waals surface area contributed by atoms with E-state index < -0.39 is 0 Å². The summed E-state index contributed by atoms with van der Waals surface area (Å²) in [6.07, 6.45) is 1.63. The van der Waals surface area contributed by atoms with Gasteiger partial charge in [-0.15, -0.1) is 0 Å². The highest BCUT2D eigenvalue weighted by Gasteiger charge is 1.99. The number of benzene rings is 1. The first kappa shape index (κ1) is 9.65. The van der Waals surface area contributed by atoms with Crippen LogP contribution in [0.15, 0.2) is 41.0 Å². The van der Waals surface area contributed by atoms with Gasteiger partial charge in [-0.3, -0.25) is 0 Å². The largest absolute Gasteiger partial charge is 0.486 e. The molecule has 1 aromatic carbocycles. The SMILES string of the molecule is Cc1cc(N)cc(OCc2ccco2)c1. The molecule has 0 radical (unpaired) electrons. The fourth-order valence-corrected chi connectivity index (χ4v) is 1.41. The molecule has 2 N–H and O–H groups in total. The molecule has 2 aromatic rings. The minimum absolute atomic E-state index is 0.426. The molecule has 1 heterocycles. The Morgan fingerprint density at radius 1 is 1.33 bits per heavy atom. The Balaban J connectivity index is 2.05. The lowest BCUT2D eigenvalue weighted by Gasteiger charge is -2.06. The lowest BCUT2D eigenvalue weighted by Crippen LogP contribution is -1.95. The second-order valence-electron chi connectivity index (χ2n) is 3.45. The fraction of sp³-hybridized carbons (Fsp3) is 0.167. The van der Waals surface area contributed by atoms with E-state index in [0.29, 0.717) is 12.3 Å². The first-order chi connectivity index (χ1) is 7.24. The van der Waals surface area contributed by atoms with Crippen LogP contribution < -0.4 is 10.5 Å². The van der Waals surface area contributed by atoms with Crippen LogP contribution in [-0.2, 0) is 6.61 Å². The zero-order valence-electron chi connectivity index (χ0n) is 8.57. The average molecular weight is 203 g/mol. The molecule has 0 unspecified atom stereocenters. The predicted molar refractivity (Wildman–Crippen MR) is 58.6 cm³/mol. The number of hydrogen-bond donors (Lipinski definition) is 1.